The van der Waals surface area contributed by atoms with Crippen molar-refractivity contribution >= 4 is 26.3 Å². The summed E-state index contributed by atoms with van der Waals surface area (Å²) in [6, 6.07) is 11.5. The van der Waals surface area contributed by atoms with Crippen LogP contribution in [0, 0.1) is 19.7 Å². The van der Waals surface area contributed by atoms with Crippen molar-refractivity contribution in [3.05, 3.63) is 64.8 Å². The molecule has 1 aromatic heterocycles. The van der Waals surface area contributed by atoms with Crippen molar-refractivity contribution in [1.29, 1.82) is 0 Å². The van der Waals surface area contributed by atoms with Crippen molar-refractivity contribution in [3.8, 4) is 11.3 Å². The predicted octanol–water partition coefficient (Wildman–Crippen LogP) is 5.01. The van der Waals surface area contributed by atoms with Gasteiger partial charge < -0.3 is 4.90 Å². The Balaban J connectivity index is 1.48. The Labute approximate surface area is 175 Å². The number of hydrogen-bond acceptors (Lipinski definition) is 5. The Morgan fingerprint density at radius 3 is 2.55 bits per heavy atom. The number of sulfone groups is 1. The van der Waals surface area contributed by atoms with E-state index < -0.39 is 20.9 Å². The third-order valence-electron chi connectivity index (χ3n) is 5.65. The average molecular weight is 431 g/mol. The summed E-state index contributed by atoms with van der Waals surface area (Å²) in [5.74, 6) is -0.523. The van der Waals surface area contributed by atoms with Crippen LogP contribution in [0.15, 0.2) is 52.7 Å². The van der Waals surface area contributed by atoms with Gasteiger partial charge in [0.05, 0.1) is 15.8 Å². The Morgan fingerprint density at radius 1 is 1.10 bits per heavy atom. The van der Waals surface area contributed by atoms with Crippen molar-refractivity contribution < 1.29 is 12.8 Å². The molecule has 0 amide bonds. The molecule has 29 heavy (non-hydrogen) atoms. The number of rotatable bonds is 4. The maximum absolute atomic E-state index is 13.5. The molecule has 1 fully saturated rings. The molecule has 0 N–H and O–H groups in total. The van der Waals surface area contributed by atoms with E-state index in [1.165, 1.54) is 29.3 Å². The fraction of sp³-hybridized carbons (Fsp3) is 0.318. The molecule has 0 saturated carbocycles. The Bertz CT molecular complexity index is 1130. The zero-order chi connectivity index (χ0) is 20.6. The second kappa shape index (κ2) is 7.88. The first-order valence-corrected chi connectivity index (χ1v) is 12.1. The third kappa shape index (κ3) is 3.94. The molecule has 4 rings (SSSR count). The lowest BCUT2D eigenvalue weighted by Gasteiger charge is -2.31. The molecule has 0 radical (unpaired) electrons. The van der Waals surface area contributed by atoms with Crippen LogP contribution in [0.3, 0.4) is 0 Å². The minimum absolute atomic E-state index is 0.0717. The molecule has 7 heteroatoms. The number of benzene rings is 2. The summed E-state index contributed by atoms with van der Waals surface area (Å²) in [4.78, 5) is 7.03. The first-order chi connectivity index (χ1) is 13.9. The van der Waals surface area contributed by atoms with E-state index in [0.29, 0.717) is 25.9 Å². The maximum Gasteiger partial charge on any atom is 0.185 e. The Hall–Kier alpha value is -2.25. The predicted molar refractivity (Wildman–Crippen MR) is 116 cm³/mol. The van der Waals surface area contributed by atoms with Gasteiger partial charge in [-0.25, -0.2) is 17.8 Å². The fourth-order valence-corrected chi connectivity index (χ4v) is 6.40. The Kier molecular flexibility index (Phi) is 5.44. The highest BCUT2D eigenvalue weighted by Crippen LogP contribution is 2.33. The molecule has 0 aliphatic carbocycles. The molecular weight excluding hydrogens is 407 g/mol. The molecule has 3 aromatic rings. The molecule has 0 unspecified atom stereocenters. The van der Waals surface area contributed by atoms with Crippen LogP contribution in [0.25, 0.3) is 11.3 Å². The van der Waals surface area contributed by atoms with Gasteiger partial charge in [0.15, 0.2) is 15.0 Å². The average Bonchev–Trinajstić information content (AvgIpc) is 3.20. The van der Waals surface area contributed by atoms with Crippen molar-refractivity contribution in [3.63, 3.8) is 0 Å². The van der Waals surface area contributed by atoms with Crippen LogP contribution in [0.4, 0.5) is 9.52 Å². The van der Waals surface area contributed by atoms with Crippen molar-refractivity contribution in [1.82, 2.24) is 4.98 Å². The van der Waals surface area contributed by atoms with Crippen LogP contribution < -0.4 is 4.90 Å². The summed E-state index contributed by atoms with van der Waals surface area (Å²) in [6.45, 7) is 5.44. The van der Waals surface area contributed by atoms with Crippen LogP contribution in [0.2, 0.25) is 0 Å². The summed E-state index contributed by atoms with van der Waals surface area (Å²) in [5.41, 5.74) is 4.56. The van der Waals surface area contributed by atoms with E-state index in [9.17, 15) is 12.8 Å². The molecule has 1 saturated heterocycles. The molecule has 0 atom stereocenters. The molecule has 1 aliphatic heterocycles. The topological polar surface area (TPSA) is 50.3 Å². The lowest BCUT2D eigenvalue weighted by Crippen LogP contribution is -2.39. The van der Waals surface area contributed by atoms with Gasteiger partial charge in [0.1, 0.15) is 5.82 Å². The minimum Gasteiger partial charge on any atom is -0.348 e. The number of hydrogen-bond donors (Lipinski definition) is 0. The number of aromatic nitrogens is 1. The number of aryl methyl sites for hydroxylation is 1. The zero-order valence-electron chi connectivity index (χ0n) is 16.4. The monoisotopic (exact) mass is 430 g/mol. The third-order valence-corrected chi connectivity index (χ3v) is 8.81. The second-order valence-corrected chi connectivity index (χ2v) is 10.5. The first-order valence-electron chi connectivity index (χ1n) is 9.63. The van der Waals surface area contributed by atoms with Crippen molar-refractivity contribution in [2.24, 2.45) is 0 Å². The normalized spacial score (nSPS) is 15.6. The highest BCUT2D eigenvalue weighted by molar-refractivity contribution is 7.92. The van der Waals surface area contributed by atoms with E-state index in [2.05, 4.69) is 36.3 Å². The quantitative estimate of drug-likeness (QED) is 0.584. The molecule has 152 valence electrons. The van der Waals surface area contributed by atoms with Crippen LogP contribution in [-0.4, -0.2) is 31.7 Å². The van der Waals surface area contributed by atoms with Gasteiger partial charge in [-0.1, -0.05) is 24.3 Å². The number of nitrogens with zero attached hydrogens (tertiary/aromatic N) is 2. The molecular formula is C22H23FN2O2S2. The van der Waals surface area contributed by atoms with Gasteiger partial charge in [0.2, 0.25) is 0 Å². The van der Waals surface area contributed by atoms with E-state index in [0.717, 1.165) is 22.5 Å². The number of piperidine rings is 1. The van der Waals surface area contributed by atoms with Gasteiger partial charge in [-0.15, -0.1) is 11.3 Å². The van der Waals surface area contributed by atoms with Gasteiger partial charge in [0, 0.05) is 24.0 Å². The largest absolute Gasteiger partial charge is 0.348 e. The van der Waals surface area contributed by atoms with Gasteiger partial charge in [-0.2, -0.15) is 0 Å². The molecule has 1 aliphatic rings. The highest BCUT2D eigenvalue weighted by Gasteiger charge is 2.32. The van der Waals surface area contributed by atoms with E-state index in [1.807, 2.05) is 6.07 Å². The Morgan fingerprint density at radius 2 is 1.83 bits per heavy atom. The summed E-state index contributed by atoms with van der Waals surface area (Å²) in [5, 5.41) is 2.49. The lowest BCUT2D eigenvalue weighted by molar-refractivity contribution is 0.528. The standard InChI is InChI=1S/C22H23FN2O2S2/c1-15-5-3-8-20(16(15)2)21-14-28-22(24-21)25-11-9-18(10-12-25)29(26,27)19-7-4-6-17(23)13-19/h3-8,13-14,18H,9-12H2,1-2H3. The van der Waals surface area contributed by atoms with E-state index in [1.54, 1.807) is 11.3 Å². The molecule has 0 bridgehead atoms. The number of anilines is 1. The minimum atomic E-state index is -3.52. The van der Waals surface area contributed by atoms with Crippen molar-refractivity contribution in [2.75, 3.05) is 18.0 Å². The maximum atomic E-state index is 13.5. The first kappa shape index (κ1) is 20.0. The molecule has 2 heterocycles. The number of thiazole rings is 1. The van der Waals surface area contributed by atoms with Crippen LogP contribution in [-0.2, 0) is 9.84 Å². The second-order valence-electron chi connectivity index (χ2n) is 7.45. The van der Waals surface area contributed by atoms with Crippen molar-refractivity contribution in [2.45, 2.75) is 36.8 Å². The smallest absolute Gasteiger partial charge is 0.185 e. The molecule has 2 aromatic carbocycles. The molecule has 4 nitrogen and oxygen atoms in total. The van der Waals surface area contributed by atoms with E-state index >= 15 is 0 Å². The highest BCUT2D eigenvalue weighted by atomic mass is 32.2. The van der Waals surface area contributed by atoms with Gasteiger partial charge >= 0.3 is 0 Å². The van der Waals surface area contributed by atoms with Gasteiger partial charge in [-0.05, 0) is 56.0 Å². The zero-order valence-corrected chi connectivity index (χ0v) is 18.1. The number of halogens is 1. The summed E-state index contributed by atoms with van der Waals surface area (Å²) in [7, 11) is -3.52. The van der Waals surface area contributed by atoms with Crippen LogP contribution in [0.1, 0.15) is 24.0 Å². The fourth-order valence-electron chi connectivity index (χ4n) is 3.76. The molecule has 0 spiro atoms. The van der Waals surface area contributed by atoms with E-state index in [4.69, 9.17) is 4.98 Å². The van der Waals surface area contributed by atoms with Gasteiger partial charge in [0.25, 0.3) is 0 Å². The summed E-state index contributed by atoms with van der Waals surface area (Å²) >= 11 is 1.59. The van der Waals surface area contributed by atoms with Crippen LogP contribution in [0.5, 0.6) is 0 Å². The SMILES string of the molecule is Cc1cccc(-c2csc(N3CCC(S(=O)(=O)c4cccc(F)c4)CC3)n2)c1C. The lowest BCUT2D eigenvalue weighted by atomic mass is 10.0. The summed E-state index contributed by atoms with van der Waals surface area (Å²) < 4.78 is 39.1. The summed E-state index contributed by atoms with van der Waals surface area (Å²) in [6.07, 6.45) is 1.02. The van der Waals surface area contributed by atoms with E-state index in [-0.39, 0.29) is 4.90 Å². The van der Waals surface area contributed by atoms with Crippen LogP contribution >= 0.6 is 11.3 Å². The van der Waals surface area contributed by atoms with Gasteiger partial charge in [-0.3, -0.25) is 0 Å².